The first-order valence-corrected chi connectivity index (χ1v) is 4.84. The second kappa shape index (κ2) is 5.55. The van der Waals surface area contributed by atoms with Crippen LogP contribution in [0.1, 0.15) is 25.7 Å². The van der Waals surface area contributed by atoms with Crippen LogP contribution in [-0.2, 0) is 9.47 Å². The Morgan fingerprint density at radius 1 is 1.00 bits per heavy atom. The molecule has 0 radical (unpaired) electrons. The third-order valence-corrected chi connectivity index (χ3v) is 2.70. The highest BCUT2D eigenvalue weighted by Crippen LogP contribution is 2.29. The molecule has 0 aromatic rings. The molecule has 72 valence electrons. The minimum atomic E-state index is 0.781. The van der Waals surface area contributed by atoms with Crippen LogP contribution in [0.15, 0.2) is 0 Å². The maximum Gasteiger partial charge on any atom is 0.0490 e. The summed E-state index contributed by atoms with van der Waals surface area (Å²) in [6.07, 6.45) is 5.33. The van der Waals surface area contributed by atoms with E-state index in [1.165, 1.54) is 25.7 Å². The highest BCUT2D eigenvalue weighted by atomic mass is 16.5. The van der Waals surface area contributed by atoms with E-state index in [1.54, 1.807) is 14.2 Å². The average molecular weight is 172 g/mol. The van der Waals surface area contributed by atoms with Crippen LogP contribution < -0.4 is 0 Å². The summed E-state index contributed by atoms with van der Waals surface area (Å²) in [5.41, 5.74) is 0. The van der Waals surface area contributed by atoms with Gasteiger partial charge in [0, 0.05) is 27.4 Å². The number of rotatable bonds is 4. The third kappa shape index (κ3) is 3.11. The molecule has 0 aromatic heterocycles. The fraction of sp³-hybridized carbons (Fsp3) is 1.00. The fourth-order valence-corrected chi connectivity index (χ4v) is 2.18. The van der Waals surface area contributed by atoms with Crippen LogP contribution in [0.2, 0.25) is 0 Å². The van der Waals surface area contributed by atoms with E-state index < -0.39 is 0 Å². The summed E-state index contributed by atoms with van der Waals surface area (Å²) in [7, 11) is 3.58. The van der Waals surface area contributed by atoms with Gasteiger partial charge in [-0.1, -0.05) is 6.42 Å². The van der Waals surface area contributed by atoms with E-state index in [9.17, 15) is 0 Å². The lowest BCUT2D eigenvalue weighted by Crippen LogP contribution is -2.22. The first-order chi connectivity index (χ1) is 5.86. The third-order valence-electron chi connectivity index (χ3n) is 2.70. The SMILES string of the molecule is COCC1CCCC(COC)C1. The summed E-state index contributed by atoms with van der Waals surface area (Å²) >= 11 is 0. The van der Waals surface area contributed by atoms with Gasteiger partial charge in [-0.15, -0.1) is 0 Å². The molecule has 0 bridgehead atoms. The van der Waals surface area contributed by atoms with Crippen molar-refractivity contribution in [2.24, 2.45) is 11.8 Å². The Hall–Kier alpha value is -0.0800. The molecule has 1 saturated carbocycles. The molecule has 2 unspecified atom stereocenters. The predicted octanol–water partition coefficient (Wildman–Crippen LogP) is 2.09. The molecule has 0 amide bonds. The van der Waals surface area contributed by atoms with E-state index in [4.69, 9.17) is 9.47 Å². The summed E-state index contributed by atoms with van der Waals surface area (Å²) in [5, 5.41) is 0. The van der Waals surface area contributed by atoms with Crippen molar-refractivity contribution in [3.05, 3.63) is 0 Å². The van der Waals surface area contributed by atoms with Crippen molar-refractivity contribution in [2.75, 3.05) is 27.4 Å². The molecule has 0 aromatic carbocycles. The lowest BCUT2D eigenvalue weighted by Gasteiger charge is -2.27. The zero-order valence-electron chi connectivity index (χ0n) is 8.21. The van der Waals surface area contributed by atoms with Gasteiger partial charge in [0.15, 0.2) is 0 Å². The Morgan fingerprint density at radius 3 is 1.92 bits per heavy atom. The Bertz CT molecular complexity index is 98.4. The lowest BCUT2D eigenvalue weighted by molar-refractivity contribution is 0.0774. The van der Waals surface area contributed by atoms with Crippen molar-refractivity contribution >= 4 is 0 Å². The largest absolute Gasteiger partial charge is 0.384 e. The van der Waals surface area contributed by atoms with Gasteiger partial charge in [-0.05, 0) is 31.1 Å². The summed E-state index contributed by atoms with van der Waals surface area (Å²) in [4.78, 5) is 0. The van der Waals surface area contributed by atoms with Crippen LogP contribution in [0.5, 0.6) is 0 Å². The molecular formula is C10H20O2. The molecule has 1 aliphatic rings. The number of hydrogen-bond acceptors (Lipinski definition) is 2. The molecule has 2 atom stereocenters. The molecule has 2 heteroatoms. The summed E-state index contributed by atoms with van der Waals surface area (Å²) in [6, 6.07) is 0. The van der Waals surface area contributed by atoms with Crippen molar-refractivity contribution in [2.45, 2.75) is 25.7 Å². The number of methoxy groups -OCH3 is 2. The molecule has 1 aliphatic carbocycles. The molecular weight excluding hydrogens is 152 g/mol. The molecule has 12 heavy (non-hydrogen) atoms. The van der Waals surface area contributed by atoms with Crippen LogP contribution >= 0.6 is 0 Å². The van der Waals surface area contributed by atoms with Gasteiger partial charge in [0.1, 0.15) is 0 Å². The van der Waals surface area contributed by atoms with Crippen molar-refractivity contribution in [1.29, 1.82) is 0 Å². The molecule has 1 fully saturated rings. The van der Waals surface area contributed by atoms with E-state index in [0.29, 0.717) is 0 Å². The van der Waals surface area contributed by atoms with Gasteiger partial charge < -0.3 is 9.47 Å². The monoisotopic (exact) mass is 172 g/mol. The van der Waals surface area contributed by atoms with Gasteiger partial charge >= 0.3 is 0 Å². The quantitative estimate of drug-likeness (QED) is 0.646. The van der Waals surface area contributed by atoms with Gasteiger partial charge in [0.2, 0.25) is 0 Å². The van der Waals surface area contributed by atoms with Crippen LogP contribution in [0, 0.1) is 11.8 Å². The van der Waals surface area contributed by atoms with E-state index in [2.05, 4.69) is 0 Å². The summed E-state index contributed by atoms with van der Waals surface area (Å²) < 4.78 is 10.3. The maximum atomic E-state index is 5.17. The van der Waals surface area contributed by atoms with Gasteiger partial charge in [-0.25, -0.2) is 0 Å². The summed E-state index contributed by atoms with van der Waals surface area (Å²) in [5.74, 6) is 1.56. The van der Waals surface area contributed by atoms with Crippen LogP contribution in [-0.4, -0.2) is 27.4 Å². The van der Waals surface area contributed by atoms with Gasteiger partial charge in [-0.2, -0.15) is 0 Å². The van der Waals surface area contributed by atoms with Gasteiger partial charge in [0.05, 0.1) is 0 Å². The predicted molar refractivity (Wildman–Crippen MR) is 49.2 cm³/mol. The zero-order valence-corrected chi connectivity index (χ0v) is 8.21. The standard InChI is InChI=1S/C10H20O2/c1-11-7-9-4-3-5-10(6-9)8-12-2/h9-10H,3-8H2,1-2H3. The topological polar surface area (TPSA) is 18.5 Å². The van der Waals surface area contributed by atoms with Crippen LogP contribution in [0.4, 0.5) is 0 Å². The van der Waals surface area contributed by atoms with Crippen molar-refractivity contribution in [1.82, 2.24) is 0 Å². The molecule has 0 saturated heterocycles. The van der Waals surface area contributed by atoms with Gasteiger partial charge in [0.25, 0.3) is 0 Å². The van der Waals surface area contributed by atoms with E-state index >= 15 is 0 Å². The Balaban J connectivity index is 2.20. The Labute approximate surface area is 75.2 Å². The maximum absolute atomic E-state index is 5.17. The molecule has 0 N–H and O–H groups in total. The number of hydrogen-bond donors (Lipinski definition) is 0. The van der Waals surface area contributed by atoms with E-state index in [1.807, 2.05) is 0 Å². The van der Waals surface area contributed by atoms with E-state index in [-0.39, 0.29) is 0 Å². The molecule has 1 rings (SSSR count). The van der Waals surface area contributed by atoms with Crippen LogP contribution in [0.25, 0.3) is 0 Å². The number of ether oxygens (including phenoxy) is 2. The average Bonchev–Trinajstić information content (AvgIpc) is 2.06. The highest BCUT2D eigenvalue weighted by molar-refractivity contribution is 4.72. The van der Waals surface area contributed by atoms with Crippen LogP contribution in [0.3, 0.4) is 0 Å². The van der Waals surface area contributed by atoms with Crippen molar-refractivity contribution in [3.63, 3.8) is 0 Å². The minimum Gasteiger partial charge on any atom is -0.384 e. The highest BCUT2D eigenvalue weighted by Gasteiger charge is 2.21. The molecule has 0 heterocycles. The Kier molecular flexibility index (Phi) is 4.62. The normalized spacial score (nSPS) is 30.5. The summed E-state index contributed by atoms with van der Waals surface area (Å²) in [6.45, 7) is 1.86. The Morgan fingerprint density at radius 2 is 1.50 bits per heavy atom. The van der Waals surface area contributed by atoms with E-state index in [0.717, 1.165) is 25.0 Å². The first kappa shape index (κ1) is 10.0. The first-order valence-electron chi connectivity index (χ1n) is 4.84. The van der Waals surface area contributed by atoms with Crippen molar-refractivity contribution < 1.29 is 9.47 Å². The van der Waals surface area contributed by atoms with Crippen molar-refractivity contribution in [3.8, 4) is 0 Å². The second-order valence-corrected chi connectivity index (χ2v) is 3.81. The molecule has 2 nitrogen and oxygen atoms in total. The minimum absolute atomic E-state index is 0.781. The second-order valence-electron chi connectivity index (χ2n) is 3.81. The smallest absolute Gasteiger partial charge is 0.0490 e. The molecule has 0 spiro atoms. The lowest BCUT2D eigenvalue weighted by atomic mass is 9.82. The molecule has 0 aliphatic heterocycles. The fourth-order valence-electron chi connectivity index (χ4n) is 2.18. The van der Waals surface area contributed by atoms with Gasteiger partial charge in [-0.3, -0.25) is 0 Å². The zero-order chi connectivity index (χ0) is 8.81.